The quantitative estimate of drug-likeness (QED) is 0.723. The number of piperidine rings is 1. The molecule has 2 aliphatic rings. The van der Waals surface area contributed by atoms with Crippen molar-refractivity contribution in [3.63, 3.8) is 0 Å². The van der Waals surface area contributed by atoms with Gasteiger partial charge in [0.05, 0.1) is 0 Å². The largest absolute Gasteiger partial charge is 0.309 e. The molecular weight excluding hydrogens is 206 g/mol. The number of nitrogens with one attached hydrogen (secondary N) is 1. The summed E-state index contributed by atoms with van der Waals surface area (Å²) < 4.78 is 0. The maximum absolute atomic E-state index is 3.75. The molecule has 2 bridgehead atoms. The van der Waals surface area contributed by atoms with Crippen LogP contribution in [0.2, 0.25) is 0 Å². The summed E-state index contributed by atoms with van der Waals surface area (Å²) in [7, 11) is 0. The van der Waals surface area contributed by atoms with E-state index in [1.807, 2.05) is 0 Å². The number of benzene rings is 1. The molecule has 0 spiro atoms. The third-order valence-corrected chi connectivity index (χ3v) is 4.41. The molecule has 1 fully saturated rings. The highest BCUT2D eigenvalue weighted by Crippen LogP contribution is 2.40. The lowest BCUT2D eigenvalue weighted by molar-refractivity contribution is 0.233. The van der Waals surface area contributed by atoms with Crippen molar-refractivity contribution in [1.29, 1.82) is 0 Å². The van der Waals surface area contributed by atoms with Crippen molar-refractivity contribution >= 4 is 0 Å². The maximum Gasteiger partial charge on any atom is 0.0386 e. The normalized spacial score (nSPS) is 32.1. The van der Waals surface area contributed by atoms with Crippen LogP contribution in [0, 0.1) is 18.8 Å². The van der Waals surface area contributed by atoms with Crippen LogP contribution in [0.15, 0.2) is 35.9 Å². The van der Waals surface area contributed by atoms with Gasteiger partial charge in [-0.25, -0.2) is 0 Å². The molecule has 1 aromatic rings. The Kier molecular flexibility index (Phi) is 2.79. The molecule has 90 valence electrons. The van der Waals surface area contributed by atoms with E-state index in [1.165, 1.54) is 30.5 Å². The van der Waals surface area contributed by atoms with Crippen molar-refractivity contribution in [3.05, 3.63) is 47.0 Å². The summed E-state index contributed by atoms with van der Waals surface area (Å²) in [6, 6.07) is 9.56. The average molecular weight is 227 g/mol. The second-order valence-corrected chi connectivity index (χ2v) is 5.69. The smallest absolute Gasteiger partial charge is 0.0386 e. The van der Waals surface area contributed by atoms with Gasteiger partial charge in [-0.1, -0.05) is 41.5 Å². The lowest BCUT2D eigenvalue weighted by atomic mass is 9.73. The highest BCUT2D eigenvalue weighted by molar-refractivity contribution is 5.28. The highest BCUT2D eigenvalue weighted by Gasteiger charge is 2.33. The lowest BCUT2D eigenvalue weighted by Gasteiger charge is -2.41. The van der Waals surface area contributed by atoms with Crippen molar-refractivity contribution in [3.8, 4) is 0 Å². The predicted molar refractivity (Wildman–Crippen MR) is 71.9 cm³/mol. The predicted octanol–water partition coefficient (Wildman–Crippen LogP) is 3.61. The number of hydrogen-bond acceptors (Lipinski definition) is 1. The number of rotatable bonds is 1. The van der Waals surface area contributed by atoms with E-state index in [1.54, 1.807) is 5.57 Å². The van der Waals surface area contributed by atoms with E-state index in [4.69, 9.17) is 0 Å². The van der Waals surface area contributed by atoms with E-state index in [0.29, 0.717) is 12.0 Å². The molecule has 1 aliphatic carbocycles. The first-order valence-electron chi connectivity index (χ1n) is 6.70. The summed E-state index contributed by atoms with van der Waals surface area (Å²) in [6.07, 6.45) is 5.10. The molecule has 0 radical (unpaired) electrons. The Morgan fingerprint density at radius 1 is 1.12 bits per heavy atom. The van der Waals surface area contributed by atoms with Crippen molar-refractivity contribution in [1.82, 2.24) is 5.32 Å². The Balaban J connectivity index is 1.90. The molecule has 1 aliphatic heterocycles. The fourth-order valence-corrected chi connectivity index (χ4v) is 3.27. The average Bonchev–Trinajstić information content (AvgIpc) is 2.36. The SMILES string of the molecule is CC1=CC[C@H]2CN[C@@H](c3ccc(C)cc3)[C@@H]1C2. The zero-order chi connectivity index (χ0) is 11.8. The molecule has 17 heavy (non-hydrogen) atoms. The second kappa shape index (κ2) is 4.30. The van der Waals surface area contributed by atoms with Crippen LogP contribution < -0.4 is 5.32 Å². The molecule has 1 nitrogen and oxygen atoms in total. The second-order valence-electron chi connectivity index (χ2n) is 5.69. The van der Waals surface area contributed by atoms with Crippen LogP contribution in [0.4, 0.5) is 0 Å². The van der Waals surface area contributed by atoms with Gasteiger partial charge in [0, 0.05) is 6.04 Å². The van der Waals surface area contributed by atoms with Crippen LogP contribution in [0.25, 0.3) is 0 Å². The van der Waals surface area contributed by atoms with Crippen LogP contribution in [-0.4, -0.2) is 6.54 Å². The first-order chi connectivity index (χ1) is 8.24. The first-order valence-corrected chi connectivity index (χ1v) is 6.70. The van der Waals surface area contributed by atoms with Crippen LogP contribution in [0.3, 0.4) is 0 Å². The number of hydrogen-bond donors (Lipinski definition) is 1. The lowest BCUT2D eigenvalue weighted by Crippen LogP contribution is -2.41. The van der Waals surface area contributed by atoms with Crippen LogP contribution >= 0.6 is 0 Å². The van der Waals surface area contributed by atoms with Gasteiger partial charge in [-0.3, -0.25) is 0 Å². The topological polar surface area (TPSA) is 12.0 Å². The molecule has 3 atom stereocenters. The molecule has 0 saturated carbocycles. The summed E-state index contributed by atoms with van der Waals surface area (Å²) in [4.78, 5) is 0. The number of fused-ring (bicyclic) bond motifs is 2. The zero-order valence-electron chi connectivity index (χ0n) is 10.7. The van der Waals surface area contributed by atoms with Gasteiger partial charge in [-0.05, 0) is 50.6 Å². The van der Waals surface area contributed by atoms with Gasteiger partial charge in [0.1, 0.15) is 0 Å². The van der Waals surface area contributed by atoms with Crippen molar-refractivity contribution < 1.29 is 0 Å². The standard InChI is InChI=1S/C16H21N/c1-11-3-7-14(8-4-11)16-15-9-13(10-17-16)6-5-12(15)2/h3-5,7-8,13,15-17H,6,9-10H2,1-2H3/t13-,15-,16+/m1/s1. The van der Waals surface area contributed by atoms with E-state index >= 15 is 0 Å². The van der Waals surface area contributed by atoms with Gasteiger partial charge >= 0.3 is 0 Å². The third kappa shape index (κ3) is 2.04. The molecule has 3 rings (SSSR count). The molecule has 0 amide bonds. The Morgan fingerprint density at radius 2 is 1.88 bits per heavy atom. The molecular formula is C16H21N. The minimum atomic E-state index is 0.531. The highest BCUT2D eigenvalue weighted by atomic mass is 14.9. The monoisotopic (exact) mass is 227 g/mol. The van der Waals surface area contributed by atoms with Crippen molar-refractivity contribution in [2.45, 2.75) is 32.7 Å². The van der Waals surface area contributed by atoms with Gasteiger partial charge in [0.25, 0.3) is 0 Å². The molecule has 0 unspecified atom stereocenters. The minimum absolute atomic E-state index is 0.531. The molecule has 1 heteroatoms. The molecule has 1 aromatic carbocycles. The van der Waals surface area contributed by atoms with Gasteiger partial charge in [0.15, 0.2) is 0 Å². The number of aryl methyl sites for hydroxylation is 1. The molecule has 0 aromatic heterocycles. The maximum atomic E-state index is 3.75. The van der Waals surface area contributed by atoms with E-state index in [0.717, 1.165) is 5.92 Å². The Hall–Kier alpha value is -1.08. The zero-order valence-corrected chi connectivity index (χ0v) is 10.7. The Labute approximate surface area is 104 Å². The summed E-state index contributed by atoms with van der Waals surface area (Å²) >= 11 is 0. The molecule has 1 saturated heterocycles. The Bertz CT molecular complexity index is 429. The summed E-state index contributed by atoms with van der Waals surface area (Å²) in [5.74, 6) is 1.58. The van der Waals surface area contributed by atoms with E-state index in [2.05, 4.69) is 49.5 Å². The fourth-order valence-electron chi connectivity index (χ4n) is 3.27. The van der Waals surface area contributed by atoms with E-state index < -0.39 is 0 Å². The van der Waals surface area contributed by atoms with Gasteiger partial charge in [-0.2, -0.15) is 0 Å². The summed E-state index contributed by atoms with van der Waals surface area (Å²) in [5.41, 5.74) is 4.38. The van der Waals surface area contributed by atoms with Crippen LogP contribution in [0.5, 0.6) is 0 Å². The van der Waals surface area contributed by atoms with Crippen LogP contribution in [-0.2, 0) is 0 Å². The Morgan fingerprint density at radius 3 is 2.65 bits per heavy atom. The number of allylic oxidation sites excluding steroid dienone is 1. The van der Waals surface area contributed by atoms with Gasteiger partial charge in [0.2, 0.25) is 0 Å². The summed E-state index contributed by atoms with van der Waals surface area (Å²) in [6.45, 7) is 5.63. The minimum Gasteiger partial charge on any atom is -0.309 e. The first kappa shape index (κ1) is 11.0. The molecule has 1 heterocycles. The van der Waals surface area contributed by atoms with E-state index in [-0.39, 0.29) is 0 Å². The van der Waals surface area contributed by atoms with Gasteiger partial charge in [-0.15, -0.1) is 0 Å². The third-order valence-electron chi connectivity index (χ3n) is 4.41. The van der Waals surface area contributed by atoms with Crippen molar-refractivity contribution in [2.24, 2.45) is 11.8 Å². The van der Waals surface area contributed by atoms with Gasteiger partial charge < -0.3 is 5.32 Å². The summed E-state index contributed by atoms with van der Waals surface area (Å²) in [5, 5.41) is 3.75. The molecule has 1 N–H and O–H groups in total. The van der Waals surface area contributed by atoms with E-state index in [9.17, 15) is 0 Å². The van der Waals surface area contributed by atoms with Crippen molar-refractivity contribution in [2.75, 3.05) is 6.54 Å². The fraction of sp³-hybridized carbons (Fsp3) is 0.500. The van der Waals surface area contributed by atoms with Crippen LogP contribution in [0.1, 0.15) is 36.9 Å².